The molecule has 2 heterocycles. The lowest BCUT2D eigenvalue weighted by Crippen LogP contribution is -2.10. The Bertz CT molecular complexity index is 625. The maximum atomic E-state index is 11.0. The normalized spacial score (nSPS) is 10.4. The summed E-state index contributed by atoms with van der Waals surface area (Å²) in [5.74, 6) is 0.887. The molecule has 2 rings (SSSR count). The zero-order valence-electron chi connectivity index (χ0n) is 12.0. The van der Waals surface area contributed by atoms with Crippen molar-refractivity contribution in [2.45, 2.75) is 13.3 Å². The summed E-state index contributed by atoms with van der Waals surface area (Å²) in [5, 5.41) is 21.3. The van der Waals surface area contributed by atoms with Crippen molar-refractivity contribution in [3.63, 3.8) is 0 Å². The molecule has 8 nitrogen and oxygen atoms in total. The van der Waals surface area contributed by atoms with Crippen molar-refractivity contribution in [1.82, 2.24) is 14.8 Å². The molecule has 0 aromatic carbocycles. The summed E-state index contributed by atoms with van der Waals surface area (Å²) in [6, 6.07) is 4.97. The first-order chi connectivity index (χ1) is 10.1. The molecule has 0 saturated carbocycles. The van der Waals surface area contributed by atoms with E-state index in [9.17, 15) is 10.1 Å². The molecule has 0 bridgehead atoms. The SMILES string of the molecule is CCNc1ccc([N+](=O)[O-])c(NCCc2ccn(C)n2)n1. The van der Waals surface area contributed by atoms with Gasteiger partial charge in [-0.1, -0.05) is 0 Å². The van der Waals surface area contributed by atoms with Crippen LogP contribution in [0.4, 0.5) is 17.3 Å². The third kappa shape index (κ3) is 3.91. The Morgan fingerprint density at radius 3 is 2.76 bits per heavy atom. The van der Waals surface area contributed by atoms with Crippen LogP contribution >= 0.6 is 0 Å². The van der Waals surface area contributed by atoms with Gasteiger partial charge in [0.1, 0.15) is 5.82 Å². The van der Waals surface area contributed by atoms with E-state index in [4.69, 9.17) is 0 Å². The zero-order chi connectivity index (χ0) is 15.2. The molecule has 0 unspecified atom stereocenters. The number of nitrogens with one attached hydrogen (secondary N) is 2. The van der Waals surface area contributed by atoms with Crippen molar-refractivity contribution >= 4 is 17.3 Å². The maximum absolute atomic E-state index is 11.0. The van der Waals surface area contributed by atoms with E-state index in [0.29, 0.717) is 25.3 Å². The van der Waals surface area contributed by atoms with Crippen LogP contribution in [0.3, 0.4) is 0 Å². The quantitative estimate of drug-likeness (QED) is 0.596. The van der Waals surface area contributed by atoms with Crippen LogP contribution in [0, 0.1) is 10.1 Å². The van der Waals surface area contributed by atoms with Gasteiger partial charge in [-0.05, 0) is 19.1 Å². The molecule has 0 aliphatic heterocycles. The lowest BCUT2D eigenvalue weighted by atomic mass is 10.3. The Kier molecular flexibility index (Phi) is 4.70. The van der Waals surface area contributed by atoms with E-state index < -0.39 is 4.92 Å². The molecule has 0 fully saturated rings. The monoisotopic (exact) mass is 290 g/mol. The molecule has 8 heteroatoms. The summed E-state index contributed by atoms with van der Waals surface area (Å²) >= 11 is 0. The van der Waals surface area contributed by atoms with Gasteiger partial charge < -0.3 is 10.6 Å². The highest BCUT2D eigenvalue weighted by atomic mass is 16.6. The second-order valence-electron chi connectivity index (χ2n) is 4.51. The molecular formula is C13H18N6O2. The number of pyridine rings is 1. The zero-order valence-corrected chi connectivity index (χ0v) is 12.0. The molecule has 0 saturated heterocycles. The maximum Gasteiger partial charge on any atom is 0.311 e. The highest BCUT2D eigenvalue weighted by Crippen LogP contribution is 2.23. The van der Waals surface area contributed by atoms with E-state index in [1.807, 2.05) is 26.2 Å². The number of anilines is 2. The van der Waals surface area contributed by atoms with Crippen molar-refractivity contribution in [1.29, 1.82) is 0 Å². The predicted molar refractivity (Wildman–Crippen MR) is 80.5 cm³/mol. The van der Waals surface area contributed by atoms with Gasteiger partial charge in [0, 0.05) is 38.8 Å². The summed E-state index contributed by atoms with van der Waals surface area (Å²) in [5.41, 5.74) is 0.896. The van der Waals surface area contributed by atoms with Crippen molar-refractivity contribution < 1.29 is 4.92 Å². The van der Waals surface area contributed by atoms with Gasteiger partial charge in [0.05, 0.1) is 10.6 Å². The Morgan fingerprint density at radius 1 is 1.33 bits per heavy atom. The lowest BCUT2D eigenvalue weighted by molar-refractivity contribution is -0.384. The van der Waals surface area contributed by atoms with Crippen LogP contribution in [-0.4, -0.2) is 32.8 Å². The fraction of sp³-hybridized carbons (Fsp3) is 0.385. The average Bonchev–Trinajstić information content (AvgIpc) is 2.85. The Balaban J connectivity index is 2.05. The van der Waals surface area contributed by atoms with Crippen molar-refractivity contribution in [3.8, 4) is 0 Å². The van der Waals surface area contributed by atoms with Gasteiger partial charge in [-0.3, -0.25) is 14.8 Å². The summed E-state index contributed by atoms with van der Waals surface area (Å²) in [6.07, 6.45) is 2.53. The first kappa shape index (κ1) is 14.8. The lowest BCUT2D eigenvalue weighted by Gasteiger charge is -2.08. The van der Waals surface area contributed by atoms with Crippen LogP contribution in [0.25, 0.3) is 0 Å². The number of hydrogen-bond acceptors (Lipinski definition) is 6. The molecule has 0 aliphatic rings. The molecule has 0 amide bonds. The Morgan fingerprint density at radius 2 is 2.14 bits per heavy atom. The number of nitrogens with zero attached hydrogens (tertiary/aromatic N) is 4. The van der Waals surface area contributed by atoms with E-state index in [1.165, 1.54) is 6.07 Å². The van der Waals surface area contributed by atoms with Gasteiger partial charge >= 0.3 is 5.69 Å². The minimum absolute atomic E-state index is 0.0299. The van der Waals surface area contributed by atoms with Crippen LogP contribution in [0.2, 0.25) is 0 Å². The number of aryl methyl sites for hydroxylation is 1. The molecule has 0 spiro atoms. The van der Waals surface area contributed by atoms with Crippen molar-refractivity contribution in [3.05, 3.63) is 40.2 Å². The molecule has 0 aliphatic carbocycles. The first-order valence-electron chi connectivity index (χ1n) is 6.72. The summed E-state index contributed by atoms with van der Waals surface area (Å²) < 4.78 is 1.72. The number of hydrogen-bond donors (Lipinski definition) is 2. The summed E-state index contributed by atoms with van der Waals surface area (Å²) in [4.78, 5) is 14.8. The second-order valence-corrected chi connectivity index (χ2v) is 4.51. The molecule has 2 aromatic heterocycles. The minimum Gasteiger partial charge on any atom is -0.370 e. The van der Waals surface area contributed by atoms with Crippen LogP contribution in [0.15, 0.2) is 24.4 Å². The van der Waals surface area contributed by atoms with E-state index in [2.05, 4.69) is 20.7 Å². The molecule has 0 atom stereocenters. The minimum atomic E-state index is -0.439. The topological polar surface area (TPSA) is 97.9 Å². The molecule has 112 valence electrons. The van der Waals surface area contributed by atoms with Gasteiger partial charge in [-0.25, -0.2) is 4.98 Å². The predicted octanol–water partition coefficient (Wildman–Crippen LogP) is 1.81. The molecule has 21 heavy (non-hydrogen) atoms. The highest BCUT2D eigenvalue weighted by Gasteiger charge is 2.15. The third-order valence-electron chi connectivity index (χ3n) is 2.87. The largest absolute Gasteiger partial charge is 0.370 e. The fourth-order valence-electron chi connectivity index (χ4n) is 1.91. The van der Waals surface area contributed by atoms with E-state index in [-0.39, 0.29) is 11.5 Å². The van der Waals surface area contributed by atoms with E-state index >= 15 is 0 Å². The second kappa shape index (κ2) is 6.69. The van der Waals surface area contributed by atoms with Crippen LogP contribution in [0.5, 0.6) is 0 Å². The van der Waals surface area contributed by atoms with E-state index in [0.717, 1.165) is 5.69 Å². The third-order valence-corrected chi connectivity index (χ3v) is 2.87. The van der Waals surface area contributed by atoms with Crippen LogP contribution in [-0.2, 0) is 13.5 Å². The van der Waals surface area contributed by atoms with E-state index in [1.54, 1.807) is 10.7 Å². The average molecular weight is 290 g/mol. The van der Waals surface area contributed by atoms with Gasteiger partial charge in [-0.15, -0.1) is 0 Å². The molecule has 0 radical (unpaired) electrons. The van der Waals surface area contributed by atoms with Gasteiger partial charge in [0.15, 0.2) is 0 Å². The van der Waals surface area contributed by atoms with Crippen LogP contribution in [0.1, 0.15) is 12.6 Å². The smallest absolute Gasteiger partial charge is 0.311 e. The molecular weight excluding hydrogens is 272 g/mol. The van der Waals surface area contributed by atoms with Gasteiger partial charge in [0.2, 0.25) is 5.82 Å². The van der Waals surface area contributed by atoms with Crippen molar-refractivity contribution in [2.24, 2.45) is 7.05 Å². The fourth-order valence-corrected chi connectivity index (χ4v) is 1.91. The molecule has 2 N–H and O–H groups in total. The number of nitro groups is 1. The first-order valence-corrected chi connectivity index (χ1v) is 6.72. The number of rotatable bonds is 7. The Labute approximate surface area is 122 Å². The number of aromatic nitrogens is 3. The summed E-state index contributed by atoms with van der Waals surface area (Å²) in [7, 11) is 1.85. The van der Waals surface area contributed by atoms with Crippen LogP contribution < -0.4 is 10.6 Å². The Hall–Kier alpha value is -2.64. The highest BCUT2D eigenvalue weighted by molar-refractivity contribution is 5.60. The van der Waals surface area contributed by atoms with Gasteiger partial charge in [-0.2, -0.15) is 5.10 Å². The van der Waals surface area contributed by atoms with Gasteiger partial charge in [0.25, 0.3) is 0 Å². The van der Waals surface area contributed by atoms with Crippen molar-refractivity contribution in [2.75, 3.05) is 23.7 Å². The standard InChI is InChI=1S/C13H18N6O2/c1-3-14-12-5-4-11(19(20)21)13(16-12)15-8-6-10-7-9-18(2)17-10/h4-5,7,9H,3,6,8H2,1-2H3,(H2,14,15,16). The summed E-state index contributed by atoms with van der Waals surface area (Å²) in [6.45, 7) is 3.18. The molecule has 2 aromatic rings.